The van der Waals surface area contributed by atoms with Gasteiger partial charge in [0.2, 0.25) is 5.91 Å². The van der Waals surface area contributed by atoms with Crippen LogP contribution in [0.2, 0.25) is 10.0 Å². The van der Waals surface area contributed by atoms with Gasteiger partial charge in [-0.05, 0) is 42.5 Å². The Kier molecular flexibility index (Phi) is 6.75. The molecule has 0 radical (unpaired) electrons. The number of anilines is 2. The molecular weight excluding hydrogens is 411 g/mol. The standard InChI is InChI=1S/C22H18Cl2N2O3/c1-14(27)25-17-5-4-6-18(12-17)26-22(28)19-7-2-3-8-21(19)29-13-15-9-10-16(23)11-20(15)24/h2-12H,13H2,1H3,(H,25,27)(H,26,28). The van der Waals surface area contributed by atoms with Gasteiger partial charge in [0.05, 0.1) is 5.56 Å². The first-order valence-corrected chi connectivity index (χ1v) is 9.53. The lowest BCUT2D eigenvalue weighted by Crippen LogP contribution is -2.14. The Balaban J connectivity index is 1.74. The van der Waals surface area contributed by atoms with E-state index >= 15 is 0 Å². The van der Waals surface area contributed by atoms with E-state index in [1.54, 1.807) is 66.7 Å². The minimum absolute atomic E-state index is 0.187. The van der Waals surface area contributed by atoms with Gasteiger partial charge in [-0.25, -0.2) is 0 Å². The third kappa shape index (κ3) is 5.73. The molecule has 0 unspecified atom stereocenters. The van der Waals surface area contributed by atoms with Crippen LogP contribution < -0.4 is 15.4 Å². The molecule has 0 heterocycles. The van der Waals surface area contributed by atoms with Gasteiger partial charge in [0.1, 0.15) is 12.4 Å². The average Bonchev–Trinajstić information content (AvgIpc) is 2.67. The van der Waals surface area contributed by atoms with E-state index in [1.165, 1.54) is 6.92 Å². The van der Waals surface area contributed by atoms with Crippen molar-refractivity contribution in [2.24, 2.45) is 0 Å². The van der Waals surface area contributed by atoms with Crippen LogP contribution >= 0.6 is 23.2 Å². The zero-order chi connectivity index (χ0) is 20.8. The fraction of sp³-hybridized carbons (Fsp3) is 0.0909. The van der Waals surface area contributed by atoms with E-state index in [0.29, 0.717) is 32.7 Å². The SMILES string of the molecule is CC(=O)Nc1cccc(NC(=O)c2ccccc2OCc2ccc(Cl)cc2Cl)c1. The zero-order valence-corrected chi connectivity index (χ0v) is 17.1. The Morgan fingerprint density at radius 2 is 1.62 bits per heavy atom. The fourth-order valence-corrected chi connectivity index (χ4v) is 3.11. The molecule has 2 N–H and O–H groups in total. The van der Waals surface area contributed by atoms with Crippen LogP contribution in [0.1, 0.15) is 22.8 Å². The van der Waals surface area contributed by atoms with E-state index in [-0.39, 0.29) is 18.4 Å². The lowest BCUT2D eigenvalue weighted by atomic mass is 10.1. The molecule has 0 aromatic heterocycles. The van der Waals surface area contributed by atoms with Gasteiger partial charge in [0, 0.05) is 33.9 Å². The summed E-state index contributed by atoms with van der Waals surface area (Å²) >= 11 is 12.1. The van der Waals surface area contributed by atoms with E-state index < -0.39 is 0 Å². The summed E-state index contributed by atoms with van der Waals surface area (Å²) in [5.41, 5.74) is 2.28. The predicted molar refractivity (Wildman–Crippen MR) is 116 cm³/mol. The quantitative estimate of drug-likeness (QED) is 0.522. The topological polar surface area (TPSA) is 67.4 Å². The third-order valence-electron chi connectivity index (χ3n) is 3.97. The summed E-state index contributed by atoms with van der Waals surface area (Å²) in [6.07, 6.45) is 0. The molecule has 0 aliphatic rings. The van der Waals surface area contributed by atoms with E-state index in [4.69, 9.17) is 27.9 Å². The van der Waals surface area contributed by atoms with E-state index in [0.717, 1.165) is 5.56 Å². The van der Waals surface area contributed by atoms with Crippen molar-refractivity contribution < 1.29 is 14.3 Å². The molecule has 0 fully saturated rings. The van der Waals surface area contributed by atoms with Crippen LogP contribution in [-0.2, 0) is 11.4 Å². The lowest BCUT2D eigenvalue weighted by molar-refractivity contribution is -0.114. The van der Waals surface area contributed by atoms with Crippen molar-refractivity contribution in [1.82, 2.24) is 0 Å². The van der Waals surface area contributed by atoms with Crippen molar-refractivity contribution in [3.63, 3.8) is 0 Å². The minimum atomic E-state index is -0.331. The van der Waals surface area contributed by atoms with Crippen LogP contribution in [-0.4, -0.2) is 11.8 Å². The van der Waals surface area contributed by atoms with Crippen molar-refractivity contribution >= 4 is 46.4 Å². The highest BCUT2D eigenvalue weighted by Crippen LogP contribution is 2.25. The second-order valence-electron chi connectivity index (χ2n) is 6.24. The molecule has 0 bridgehead atoms. The number of carbonyl (C=O) groups excluding carboxylic acids is 2. The van der Waals surface area contributed by atoms with Crippen LogP contribution in [0.3, 0.4) is 0 Å². The zero-order valence-electron chi connectivity index (χ0n) is 15.5. The molecule has 0 atom stereocenters. The molecule has 3 aromatic carbocycles. The summed E-state index contributed by atoms with van der Waals surface area (Å²) in [5, 5.41) is 6.53. The van der Waals surface area contributed by atoms with Gasteiger partial charge in [0.25, 0.3) is 5.91 Å². The van der Waals surface area contributed by atoms with Gasteiger partial charge < -0.3 is 15.4 Å². The molecule has 7 heteroatoms. The van der Waals surface area contributed by atoms with Crippen molar-refractivity contribution in [3.8, 4) is 5.75 Å². The van der Waals surface area contributed by atoms with Crippen LogP contribution in [0.5, 0.6) is 5.75 Å². The maximum Gasteiger partial charge on any atom is 0.259 e. The number of carbonyl (C=O) groups is 2. The summed E-state index contributed by atoms with van der Waals surface area (Å²) < 4.78 is 5.83. The van der Waals surface area contributed by atoms with Crippen molar-refractivity contribution in [1.29, 1.82) is 0 Å². The number of ether oxygens (including phenoxy) is 1. The maximum absolute atomic E-state index is 12.8. The molecule has 3 rings (SSSR count). The summed E-state index contributed by atoms with van der Waals surface area (Å²) in [6, 6.07) is 19.0. The molecule has 29 heavy (non-hydrogen) atoms. The second-order valence-corrected chi connectivity index (χ2v) is 7.08. The Morgan fingerprint density at radius 3 is 2.34 bits per heavy atom. The van der Waals surface area contributed by atoms with Crippen molar-refractivity contribution in [3.05, 3.63) is 87.9 Å². The summed E-state index contributed by atoms with van der Waals surface area (Å²) in [7, 11) is 0. The average molecular weight is 429 g/mol. The molecule has 0 aliphatic carbocycles. The Hall–Kier alpha value is -3.02. The number of halogens is 2. The number of para-hydroxylation sites is 1. The smallest absolute Gasteiger partial charge is 0.259 e. The molecule has 2 amide bonds. The van der Waals surface area contributed by atoms with Crippen LogP contribution in [0.4, 0.5) is 11.4 Å². The van der Waals surface area contributed by atoms with Gasteiger partial charge in [-0.15, -0.1) is 0 Å². The molecule has 0 saturated heterocycles. The fourth-order valence-electron chi connectivity index (χ4n) is 2.65. The Bertz CT molecular complexity index is 1050. The van der Waals surface area contributed by atoms with Gasteiger partial charge >= 0.3 is 0 Å². The van der Waals surface area contributed by atoms with Crippen LogP contribution in [0.25, 0.3) is 0 Å². The Labute approximate surface area is 178 Å². The number of amides is 2. The first-order valence-electron chi connectivity index (χ1n) is 8.77. The van der Waals surface area contributed by atoms with Crippen LogP contribution in [0.15, 0.2) is 66.7 Å². The molecule has 3 aromatic rings. The summed E-state index contributed by atoms with van der Waals surface area (Å²) in [4.78, 5) is 24.0. The number of benzene rings is 3. The highest BCUT2D eigenvalue weighted by atomic mass is 35.5. The second kappa shape index (κ2) is 9.45. The first-order chi connectivity index (χ1) is 13.9. The van der Waals surface area contributed by atoms with Gasteiger partial charge in [-0.2, -0.15) is 0 Å². The molecule has 5 nitrogen and oxygen atoms in total. The van der Waals surface area contributed by atoms with E-state index in [2.05, 4.69) is 10.6 Å². The van der Waals surface area contributed by atoms with Gasteiger partial charge in [0.15, 0.2) is 0 Å². The highest BCUT2D eigenvalue weighted by Gasteiger charge is 2.13. The minimum Gasteiger partial charge on any atom is -0.488 e. The number of hydrogen-bond donors (Lipinski definition) is 2. The number of nitrogens with one attached hydrogen (secondary N) is 2. The van der Waals surface area contributed by atoms with Crippen LogP contribution in [0, 0.1) is 0 Å². The monoisotopic (exact) mass is 428 g/mol. The summed E-state index contributed by atoms with van der Waals surface area (Å²) in [6.45, 7) is 1.62. The maximum atomic E-state index is 12.8. The lowest BCUT2D eigenvalue weighted by Gasteiger charge is -2.13. The predicted octanol–water partition coefficient (Wildman–Crippen LogP) is 5.78. The molecular formula is C22H18Cl2N2O3. The highest BCUT2D eigenvalue weighted by molar-refractivity contribution is 6.35. The van der Waals surface area contributed by atoms with Crippen molar-refractivity contribution in [2.75, 3.05) is 10.6 Å². The largest absolute Gasteiger partial charge is 0.488 e. The molecule has 0 aliphatic heterocycles. The van der Waals surface area contributed by atoms with E-state index in [9.17, 15) is 9.59 Å². The molecule has 0 spiro atoms. The summed E-state index contributed by atoms with van der Waals surface area (Å²) in [5.74, 6) is -0.0927. The molecule has 0 saturated carbocycles. The Morgan fingerprint density at radius 1 is 0.897 bits per heavy atom. The van der Waals surface area contributed by atoms with Gasteiger partial charge in [-0.3, -0.25) is 9.59 Å². The number of hydrogen-bond acceptors (Lipinski definition) is 3. The van der Waals surface area contributed by atoms with E-state index in [1.807, 2.05) is 0 Å². The number of rotatable bonds is 6. The van der Waals surface area contributed by atoms with Crippen molar-refractivity contribution in [2.45, 2.75) is 13.5 Å². The third-order valence-corrected chi connectivity index (χ3v) is 4.56. The molecule has 148 valence electrons. The first kappa shape index (κ1) is 20.7. The normalized spacial score (nSPS) is 10.3. The van der Waals surface area contributed by atoms with Gasteiger partial charge in [-0.1, -0.05) is 47.5 Å².